The molecule has 2 fully saturated rings. The molecule has 0 saturated carbocycles. The summed E-state index contributed by atoms with van der Waals surface area (Å²) in [6.45, 7) is 8.31. The first-order chi connectivity index (χ1) is 22.3. The van der Waals surface area contributed by atoms with Crippen LogP contribution < -0.4 is 11.5 Å². The number of nitrogen functional groups attached to an aromatic ring is 2. The van der Waals surface area contributed by atoms with Crippen molar-refractivity contribution in [1.29, 1.82) is 0 Å². The fraction of sp³-hybridized carbons (Fsp3) is 0.600. The van der Waals surface area contributed by atoms with Crippen LogP contribution in [0, 0.1) is 0 Å². The molecule has 3 aliphatic rings. The van der Waals surface area contributed by atoms with E-state index in [1.54, 1.807) is 45.5 Å². The van der Waals surface area contributed by atoms with Crippen LogP contribution >= 0.6 is 25.9 Å². The Morgan fingerprint density at radius 3 is 1.81 bits per heavy atom. The highest BCUT2D eigenvalue weighted by molar-refractivity contribution is 7.63. The van der Waals surface area contributed by atoms with E-state index >= 15 is 0 Å². The van der Waals surface area contributed by atoms with Crippen LogP contribution in [-0.4, -0.2) is 89.6 Å². The van der Waals surface area contributed by atoms with Crippen LogP contribution in [0.1, 0.15) is 51.4 Å². The average Bonchev–Trinajstić information content (AvgIpc) is 3.83. The van der Waals surface area contributed by atoms with Gasteiger partial charge < -0.3 is 39.2 Å². The Labute approximate surface area is 279 Å². The van der Waals surface area contributed by atoms with Gasteiger partial charge in [0.25, 0.3) is 0 Å². The second-order valence-corrected chi connectivity index (χ2v) is 20.2. The van der Waals surface area contributed by atoms with Crippen LogP contribution in [0.2, 0.25) is 5.15 Å². The molecule has 7 rings (SSSR count). The molecule has 2 aliphatic heterocycles. The third kappa shape index (κ3) is 9.38. The monoisotopic (exact) mass is 706 g/mol. The Hall–Kier alpha value is -2.89. The van der Waals surface area contributed by atoms with E-state index in [-0.39, 0.29) is 40.9 Å². The minimum absolute atomic E-state index is 0.00408. The standard InChI is InChI=1S/C12H17ClN5O2P.C12H18N5O2P.C6H10/c1-21(2,19)8-4-3-7(20-8)5-18-6-15-9-10(13)16-12(14)17-11(9)18;1-20(2,18)10-4-3-8(19-10)6-17-7-15-9-5-14-12(13)16-11(9)17;1-2-4-6-5-3-1/h6-8H,3-5H2,1-2H3,(H2,14,16,17);5,7-8,10H,3-4,6H2,1-2H3,(H2,13,14,16);1-2H,3-6H2/t7-,8-;8-,10-;/m00./s1. The number of aromatic nitrogens is 8. The van der Waals surface area contributed by atoms with Crippen LogP contribution in [0.4, 0.5) is 11.9 Å². The van der Waals surface area contributed by atoms with Crippen molar-refractivity contribution in [2.75, 3.05) is 38.1 Å². The second kappa shape index (κ2) is 15.1. The zero-order valence-corrected chi connectivity index (χ0v) is 29.9. The summed E-state index contributed by atoms with van der Waals surface area (Å²) in [5.41, 5.74) is 13.8. The number of allylic oxidation sites excluding steroid dienone is 2. The van der Waals surface area contributed by atoms with Crippen molar-refractivity contribution >= 4 is 60.1 Å². The maximum absolute atomic E-state index is 12.1. The molecule has 6 heterocycles. The third-order valence-corrected chi connectivity index (χ3v) is 12.1. The van der Waals surface area contributed by atoms with Crippen molar-refractivity contribution in [3.8, 4) is 0 Å². The van der Waals surface area contributed by atoms with Gasteiger partial charge in [-0.25, -0.2) is 15.0 Å². The highest BCUT2D eigenvalue weighted by Crippen LogP contribution is 2.50. The molecule has 4 atom stereocenters. The quantitative estimate of drug-likeness (QED) is 0.138. The van der Waals surface area contributed by atoms with Crippen LogP contribution in [0.25, 0.3) is 22.3 Å². The summed E-state index contributed by atoms with van der Waals surface area (Å²) in [7, 11) is -4.41. The predicted octanol–water partition coefficient (Wildman–Crippen LogP) is 5.84. The SMILES string of the molecule is C1=CCCCC1.CP(C)(=O)[C@H]1CC[C@@H](Cn2cnc3c(Cl)nc(N)nc32)O1.CP(C)(=O)[C@H]1CC[C@@H](Cn2cnc3cnc(N)nc32)O1. The molecule has 256 valence electrons. The summed E-state index contributed by atoms with van der Waals surface area (Å²) in [6, 6.07) is 0. The van der Waals surface area contributed by atoms with Gasteiger partial charge in [-0.1, -0.05) is 23.8 Å². The van der Waals surface area contributed by atoms with E-state index in [1.807, 2.05) is 9.13 Å². The van der Waals surface area contributed by atoms with E-state index in [0.717, 1.165) is 25.7 Å². The van der Waals surface area contributed by atoms with Crippen LogP contribution in [0.5, 0.6) is 0 Å². The first-order valence-electron chi connectivity index (χ1n) is 15.9. The van der Waals surface area contributed by atoms with E-state index in [4.69, 9.17) is 32.5 Å². The minimum Gasteiger partial charge on any atom is -0.368 e. The maximum Gasteiger partial charge on any atom is 0.223 e. The number of ether oxygens (including phenoxy) is 2. The Balaban J connectivity index is 0.000000157. The predicted molar refractivity (Wildman–Crippen MR) is 187 cm³/mol. The van der Waals surface area contributed by atoms with E-state index in [1.165, 1.54) is 25.7 Å². The third-order valence-electron chi connectivity index (χ3n) is 8.33. The van der Waals surface area contributed by atoms with Gasteiger partial charge in [-0.15, -0.1) is 0 Å². The van der Waals surface area contributed by atoms with Crippen molar-refractivity contribution < 1.29 is 18.6 Å². The summed E-state index contributed by atoms with van der Waals surface area (Å²) >= 11 is 6.00. The summed E-state index contributed by atoms with van der Waals surface area (Å²) in [5, 5.41) is 0.244. The molecule has 0 spiro atoms. The normalized spacial score (nSPS) is 23.0. The lowest BCUT2D eigenvalue weighted by molar-refractivity contribution is 0.0748. The molecule has 4 aromatic rings. The molecule has 47 heavy (non-hydrogen) atoms. The first-order valence-corrected chi connectivity index (χ1v) is 21.6. The molecule has 0 bridgehead atoms. The van der Waals surface area contributed by atoms with Crippen LogP contribution in [0.15, 0.2) is 31.0 Å². The maximum atomic E-state index is 12.1. The number of anilines is 2. The smallest absolute Gasteiger partial charge is 0.223 e. The average molecular weight is 707 g/mol. The highest BCUT2D eigenvalue weighted by Gasteiger charge is 2.34. The first kappa shape index (κ1) is 35.4. The van der Waals surface area contributed by atoms with Gasteiger partial charge in [-0.2, -0.15) is 15.0 Å². The number of hydrogen-bond donors (Lipinski definition) is 2. The highest BCUT2D eigenvalue weighted by atomic mass is 35.5. The van der Waals surface area contributed by atoms with Gasteiger partial charge in [-0.05, 0) is 78.0 Å². The zero-order valence-electron chi connectivity index (χ0n) is 27.4. The van der Waals surface area contributed by atoms with E-state index in [9.17, 15) is 9.13 Å². The van der Waals surface area contributed by atoms with Gasteiger partial charge in [0.15, 0.2) is 16.4 Å². The minimum atomic E-state index is -2.22. The van der Waals surface area contributed by atoms with Gasteiger partial charge in [0, 0.05) is 0 Å². The zero-order chi connectivity index (χ0) is 33.8. The lowest BCUT2D eigenvalue weighted by atomic mass is 10.1. The summed E-state index contributed by atoms with van der Waals surface area (Å²) < 4.78 is 39.7. The van der Waals surface area contributed by atoms with Gasteiger partial charge >= 0.3 is 0 Å². The van der Waals surface area contributed by atoms with Gasteiger partial charge in [0.05, 0.1) is 44.1 Å². The van der Waals surface area contributed by atoms with E-state index in [0.29, 0.717) is 35.4 Å². The van der Waals surface area contributed by atoms with Crippen molar-refractivity contribution in [1.82, 2.24) is 39.0 Å². The number of hydrogen-bond acceptors (Lipinski definition) is 12. The summed E-state index contributed by atoms with van der Waals surface area (Å²) in [4.78, 5) is 24.6. The topological polar surface area (TPSA) is 192 Å². The number of imidazole rings is 2. The van der Waals surface area contributed by atoms with Crippen LogP contribution in [0.3, 0.4) is 0 Å². The molecule has 1 aliphatic carbocycles. The van der Waals surface area contributed by atoms with Gasteiger partial charge in [0.2, 0.25) is 11.9 Å². The molecule has 4 aromatic heterocycles. The van der Waals surface area contributed by atoms with Gasteiger partial charge in [0.1, 0.15) is 37.0 Å². The van der Waals surface area contributed by atoms with E-state index in [2.05, 4.69) is 42.1 Å². The van der Waals surface area contributed by atoms with Crippen LogP contribution in [-0.2, 0) is 31.7 Å². The molecule has 17 heteroatoms. The number of halogens is 1. The Morgan fingerprint density at radius 1 is 0.766 bits per heavy atom. The number of nitrogens with two attached hydrogens (primary N) is 2. The molecule has 0 unspecified atom stereocenters. The molecule has 4 N–H and O–H groups in total. The number of nitrogens with zero attached hydrogens (tertiary/aromatic N) is 8. The van der Waals surface area contributed by atoms with Crippen molar-refractivity contribution in [3.05, 3.63) is 36.2 Å². The Morgan fingerprint density at radius 2 is 1.30 bits per heavy atom. The lowest BCUT2D eigenvalue weighted by Gasteiger charge is -2.17. The molecule has 14 nitrogen and oxygen atoms in total. The summed E-state index contributed by atoms with van der Waals surface area (Å²) in [6.07, 6.45) is 18.4. The second-order valence-electron chi connectivity index (χ2n) is 13.0. The fourth-order valence-electron chi connectivity index (χ4n) is 5.82. The molecule has 2 saturated heterocycles. The number of fused-ring (bicyclic) bond motifs is 2. The number of rotatable bonds is 6. The fourth-order valence-corrected chi connectivity index (χ4v) is 8.51. The largest absolute Gasteiger partial charge is 0.368 e. The molecule has 0 radical (unpaired) electrons. The van der Waals surface area contributed by atoms with Crippen molar-refractivity contribution in [2.45, 2.75) is 88.4 Å². The van der Waals surface area contributed by atoms with Crippen molar-refractivity contribution in [2.24, 2.45) is 0 Å². The Bertz CT molecular complexity index is 1790. The Kier molecular flexibility index (Phi) is 11.4. The molecular formula is C30H45ClN10O4P2. The molecular weight excluding hydrogens is 662 g/mol. The van der Waals surface area contributed by atoms with Gasteiger partial charge in [-0.3, -0.25) is 0 Å². The lowest BCUT2D eigenvalue weighted by Crippen LogP contribution is -2.17. The van der Waals surface area contributed by atoms with Crippen molar-refractivity contribution in [3.63, 3.8) is 0 Å². The molecule has 0 amide bonds. The van der Waals surface area contributed by atoms with E-state index < -0.39 is 14.3 Å². The molecule has 0 aromatic carbocycles. The summed E-state index contributed by atoms with van der Waals surface area (Å²) in [5.74, 6) is 0.0738.